The van der Waals surface area contributed by atoms with Crippen molar-refractivity contribution in [2.75, 3.05) is 6.61 Å². The van der Waals surface area contributed by atoms with Gasteiger partial charge in [0, 0.05) is 12.7 Å². The maximum atomic E-state index is 12.9. The third-order valence-electron chi connectivity index (χ3n) is 3.87. The maximum Gasteiger partial charge on any atom is 0.416 e. The predicted octanol–water partition coefficient (Wildman–Crippen LogP) is 4.96. The van der Waals surface area contributed by atoms with Gasteiger partial charge < -0.3 is 19.3 Å². The third kappa shape index (κ3) is 6.29. The van der Waals surface area contributed by atoms with Gasteiger partial charge in [0.2, 0.25) is 5.75 Å². The van der Waals surface area contributed by atoms with Crippen LogP contribution in [0.2, 0.25) is 5.02 Å². The summed E-state index contributed by atoms with van der Waals surface area (Å²) in [4.78, 5) is 22.4. The van der Waals surface area contributed by atoms with Crippen LogP contribution in [0.25, 0.3) is 0 Å². The van der Waals surface area contributed by atoms with Crippen LogP contribution in [0.3, 0.4) is 0 Å². The van der Waals surface area contributed by atoms with Gasteiger partial charge in [-0.3, -0.25) is 10.1 Å². The molecule has 0 heterocycles. The van der Waals surface area contributed by atoms with Gasteiger partial charge in [-0.1, -0.05) is 17.7 Å². The number of carbonyl (C=O) groups is 1. The number of nitrogens with zero attached hydrogens (tertiary/aromatic N) is 1. The van der Waals surface area contributed by atoms with E-state index in [-0.39, 0.29) is 17.9 Å². The minimum Gasteiger partial charge on any atom is -0.454 e. The van der Waals surface area contributed by atoms with E-state index in [0.717, 1.165) is 6.07 Å². The highest BCUT2D eigenvalue weighted by molar-refractivity contribution is 6.32. The number of nitro benzene ring substituents is 1. The maximum absolute atomic E-state index is 12.9. The Labute approximate surface area is 179 Å². The molecule has 0 amide bonds. The van der Waals surface area contributed by atoms with Gasteiger partial charge in [-0.05, 0) is 38.1 Å². The molecular weight excluding hydrogens is 447 g/mol. The number of rotatable bonds is 8. The number of alkyl halides is 3. The highest BCUT2D eigenvalue weighted by atomic mass is 35.5. The van der Waals surface area contributed by atoms with E-state index in [1.54, 1.807) is 6.92 Å². The van der Waals surface area contributed by atoms with Gasteiger partial charge in [0.15, 0.2) is 6.29 Å². The Morgan fingerprint density at radius 1 is 1.29 bits per heavy atom. The van der Waals surface area contributed by atoms with Crippen molar-refractivity contribution < 1.29 is 42.2 Å². The molecule has 0 bridgehead atoms. The van der Waals surface area contributed by atoms with Gasteiger partial charge in [0.1, 0.15) is 11.9 Å². The quantitative estimate of drug-likeness (QED) is 0.255. The van der Waals surface area contributed by atoms with Crippen LogP contribution in [0.15, 0.2) is 36.4 Å². The van der Waals surface area contributed by atoms with Crippen LogP contribution in [0, 0.1) is 10.1 Å². The Bertz CT molecular complexity index is 968. The summed E-state index contributed by atoms with van der Waals surface area (Å²) in [7, 11) is 0. The van der Waals surface area contributed by atoms with Crippen molar-refractivity contribution in [3.05, 3.63) is 62.7 Å². The molecule has 2 rings (SSSR count). The molecule has 2 aromatic carbocycles. The second-order valence-electron chi connectivity index (χ2n) is 6.15. The summed E-state index contributed by atoms with van der Waals surface area (Å²) in [5.41, 5.74) is -2.35. The summed E-state index contributed by atoms with van der Waals surface area (Å²) in [5, 5.41) is 20.3. The molecule has 2 unspecified atom stereocenters. The largest absolute Gasteiger partial charge is 0.454 e. The van der Waals surface area contributed by atoms with Crippen molar-refractivity contribution in [3.8, 4) is 11.5 Å². The lowest BCUT2D eigenvalue weighted by Gasteiger charge is -2.19. The first-order chi connectivity index (χ1) is 14.4. The fraction of sp³-hybridized carbons (Fsp3) is 0.316. The molecule has 168 valence electrons. The lowest BCUT2D eigenvalue weighted by Crippen LogP contribution is -2.30. The van der Waals surface area contributed by atoms with Crippen LogP contribution in [-0.4, -0.2) is 35.0 Å². The van der Waals surface area contributed by atoms with Gasteiger partial charge in [0.05, 0.1) is 21.1 Å². The van der Waals surface area contributed by atoms with Gasteiger partial charge in [-0.15, -0.1) is 0 Å². The number of ether oxygens (including phenoxy) is 3. The van der Waals surface area contributed by atoms with Crippen molar-refractivity contribution >= 4 is 23.3 Å². The second-order valence-corrected chi connectivity index (χ2v) is 6.55. The summed E-state index contributed by atoms with van der Waals surface area (Å²) in [6.45, 7) is 3.24. The summed E-state index contributed by atoms with van der Waals surface area (Å²) < 4.78 is 54.1. The van der Waals surface area contributed by atoms with Gasteiger partial charge in [0.25, 0.3) is 0 Å². The molecular formula is C19H17ClF3NO7. The van der Waals surface area contributed by atoms with Crippen molar-refractivity contribution in [1.82, 2.24) is 0 Å². The Morgan fingerprint density at radius 3 is 2.55 bits per heavy atom. The van der Waals surface area contributed by atoms with Crippen LogP contribution < -0.4 is 4.74 Å². The Morgan fingerprint density at radius 2 is 1.97 bits per heavy atom. The number of benzene rings is 2. The zero-order chi connectivity index (χ0) is 23.3. The van der Waals surface area contributed by atoms with Crippen LogP contribution in [0.1, 0.15) is 29.8 Å². The molecule has 0 radical (unpaired) electrons. The SMILES string of the molecule is CCOC(O)C(C)OC(=O)c1cccc(Oc2c(Cl)cc(C(F)(F)F)cc2[N+](=O)[O-])c1. The average molecular weight is 464 g/mol. The first-order valence-corrected chi connectivity index (χ1v) is 9.15. The topological polar surface area (TPSA) is 108 Å². The van der Waals surface area contributed by atoms with Gasteiger partial charge in [-0.25, -0.2) is 4.79 Å². The number of aliphatic hydroxyl groups is 1. The summed E-state index contributed by atoms with van der Waals surface area (Å²) in [6.07, 6.45) is -7.19. The van der Waals surface area contributed by atoms with Crippen molar-refractivity contribution in [2.45, 2.75) is 32.4 Å². The fourth-order valence-electron chi connectivity index (χ4n) is 2.39. The molecule has 0 aliphatic rings. The number of nitro groups is 1. The van der Waals surface area contributed by atoms with Crippen LogP contribution >= 0.6 is 11.6 Å². The molecule has 0 saturated carbocycles. The van der Waals surface area contributed by atoms with E-state index in [0.29, 0.717) is 12.1 Å². The number of hydrogen-bond acceptors (Lipinski definition) is 7. The van der Waals surface area contributed by atoms with E-state index < -0.39 is 51.5 Å². The lowest BCUT2D eigenvalue weighted by molar-refractivity contribution is -0.385. The smallest absolute Gasteiger partial charge is 0.416 e. The van der Waals surface area contributed by atoms with Crippen LogP contribution in [0.5, 0.6) is 11.5 Å². The molecule has 0 aliphatic carbocycles. The van der Waals surface area contributed by atoms with E-state index in [9.17, 15) is 33.2 Å². The highest BCUT2D eigenvalue weighted by Gasteiger charge is 2.35. The first-order valence-electron chi connectivity index (χ1n) is 8.77. The molecule has 0 fully saturated rings. The summed E-state index contributed by atoms with van der Waals surface area (Å²) in [5.74, 6) is -1.59. The molecule has 0 saturated heterocycles. The molecule has 2 aromatic rings. The van der Waals surface area contributed by atoms with E-state index in [4.69, 9.17) is 25.8 Å². The zero-order valence-corrected chi connectivity index (χ0v) is 16.9. The number of carbonyl (C=O) groups excluding carboxylic acids is 1. The first kappa shape index (κ1) is 24.4. The van der Waals surface area contributed by atoms with Gasteiger partial charge >= 0.3 is 17.8 Å². The second kappa shape index (κ2) is 9.94. The number of halogens is 4. The van der Waals surface area contributed by atoms with Crippen LogP contribution in [0.4, 0.5) is 18.9 Å². The van der Waals surface area contributed by atoms with Crippen molar-refractivity contribution in [1.29, 1.82) is 0 Å². The molecule has 2 atom stereocenters. The highest BCUT2D eigenvalue weighted by Crippen LogP contribution is 2.43. The lowest BCUT2D eigenvalue weighted by atomic mass is 10.1. The van der Waals surface area contributed by atoms with E-state index >= 15 is 0 Å². The van der Waals surface area contributed by atoms with Crippen LogP contribution in [-0.2, 0) is 15.7 Å². The zero-order valence-electron chi connectivity index (χ0n) is 16.2. The number of esters is 1. The monoisotopic (exact) mass is 463 g/mol. The van der Waals surface area contributed by atoms with E-state index in [1.165, 1.54) is 25.1 Å². The number of hydrogen-bond donors (Lipinski definition) is 1. The van der Waals surface area contributed by atoms with Crippen molar-refractivity contribution in [3.63, 3.8) is 0 Å². The summed E-state index contributed by atoms with van der Waals surface area (Å²) >= 11 is 5.81. The Hall–Kier alpha value is -2.89. The molecule has 31 heavy (non-hydrogen) atoms. The minimum atomic E-state index is -4.85. The molecule has 1 N–H and O–H groups in total. The third-order valence-corrected chi connectivity index (χ3v) is 4.15. The van der Waals surface area contributed by atoms with E-state index in [2.05, 4.69) is 0 Å². The van der Waals surface area contributed by atoms with Crippen molar-refractivity contribution in [2.24, 2.45) is 0 Å². The predicted molar refractivity (Wildman–Crippen MR) is 102 cm³/mol. The molecule has 0 spiro atoms. The molecule has 0 aromatic heterocycles. The molecule has 12 heteroatoms. The fourth-order valence-corrected chi connectivity index (χ4v) is 2.64. The Kier molecular flexibility index (Phi) is 7.82. The standard InChI is InChI=1S/C19H17ClF3NO7/c1-3-29-17(25)10(2)30-18(26)11-5-4-6-13(7-11)31-16-14(20)8-12(19(21,22)23)9-15(16)24(27)28/h4-10,17,25H,3H2,1-2H3. The minimum absolute atomic E-state index is 0.0428. The molecule has 8 nitrogen and oxygen atoms in total. The Balaban J connectivity index is 2.30. The average Bonchev–Trinajstić information content (AvgIpc) is 2.68. The number of aliphatic hydroxyl groups excluding tert-OH is 1. The molecule has 0 aliphatic heterocycles. The summed E-state index contributed by atoms with van der Waals surface area (Å²) in [6, 6.07) is 5.97. The van der Waals surface area contributed by atoms with E-state index in [1.807, 2.05) is 0 Å². The van der Waals surface area contributed by atoms with Gasteiger partial charge in [-0.2, -0.15) is 13.2 Å². The normalized spacial score (nSPS) is 13.4.